The summed E-state index contributed by atoms with van der Waals surface area (Å²) in [5.41, 5.74) is 2.72. The van der Waals surface area contributed by atoms with Crippen LogP contribution in [0.25, 0.3) is 0 Å². The fraction of sp³-hybridized carbons (Fsp3) is 0.400. The second-order valence-electron chi connectivity index (χ2n) is 6.73. The number of nitrogens with one attached hydrogen (secondary N) is 3. The van der Waals surface area contributed by atoms with Gasteiger partial charge in [0.15, 0.2) is 11.5 Å². The summed E-state index contributed by atoms with van der Waals surface area (Å²) in [6.07, 6.45) is 1.56. The number of aromatic nitrogens is 2. The molecular weight excluding hydrogens is 412 g/mol. The summed E-state index contributed by atoms with van der Waals surface area (Å²) in [5.74, 6) is 0.558. The maximum absolute atomic E-state index is 12.0. The summed E-state index contributed by atoms with van der Waals surface area (Å²) < 4.78 is 11.3. The SMILES string of the molecule is CCOc1cc(/C=N/NC(=O)CCc2c(C)[nH]c(=O)[nH]c2=O)cc(Cl)c1OC(C)C. The summed E-state index contributed by atoms with van der Waals surface area (Å²) >= 11 is 6.30. The minimum Gasteiger partial charge on any atom is -0.490 e. The molecule has 0 aliphatic rings. The van der Waals surface area contributed by atoms with E-state index < -0.39 is 11.2 Å². The number of halogens is 1. The van der Waals surface area contributed by atoms with Crippen molar-refractivity contribution in [3.05, 3.63) is 54.8 Å². The number of nitrogens with zero attached hydrogens (tertiary/aromatic N) is 1. The minimum absolute atomic E-state index is 0.0272. The highest BCUT2D eigenvalue weighted by Gasteiger charge is 2.14. The topological polar surface area (TPSA) is 126 Å². The Morgan fingerprint density at radius 3 is 2.67 bits per heavy atom. The van der Waals surface area contributed by atoms with Crippen LogP contribution in [0.1, 0.15) is 44.0 Å². The second kappa shape index (κ2) is 10.6. The van der Waals surface area contributed by atoms with Crippen LogP contribution in [-0.4, -0.2) is 34.8 Å². The van der Waals surface area contributed by atoms with E-state index in [1.807, 2.05) is 20.8 Å². The molecule has 3 N–H and O–H groups in total. The Labute approximate surface area is 178 Å². The number of carbonyl (C=O) groups is 1. The van der Waals surface area contributed by atoms with E-state index in [2.05, 4.69) is 20.5 Å². The largest absolute Gasteiger partial charge is 0.490 e. The van der Waals surface area contributed by atoms with Crippen LogP contribution in [-0.2, 0) is 11.2 Å². The quantitative estimate of drug-likeness (QED) is 0.410. The first-order valence-electron chi connectivity index (χ1n) is 9.48. The third-order valence-electron chi connectivity index (χ3n) is 3.95. The number of amides is 1. The maximum Gasteiger partial charge on any atom is 0.325 e. The third kappa shape index (κ3) is 6.48. The Morgan fingerprint density at radius 1 is 1.30 bits per heavy atom. The Hall–Kier alpha value is -3.07. The monoisotopic (exact) mass is 436 g/mol. The number of carbonyl (C=O) groups excluding carboxylic acids is 1. The first-order chi connectivity index (χ1) is 14.2. The van der Waals surface area contributed by atoms with Gasteiger partial charge in [-0.1, -0.05) is 11.6 Å². The first kappa shape index (κ1) is 23.2. The van der Waals surface area contributed by atoms with Gasteiger partial charge in [0.25, 0.3) is 5.56 Å². The minimum atomic E-state index is -0.579. The molecule has 0 spiro atoms. The van der Waals surface area contributed by atoms with Crippen LogP contribution in [0.5, 0.6) is 11.5 Å². The van der Waals surface area contributed by atoms with Gasteiger partial charge in [0.05, 0.1) is 23.9 Å². The molecule has 0 saturated heterocycles. The lowest BCUT2D eigenvalue weighted by atomic mass is 10.1. The van der Waals surface area contributed by atoms with Gasteiger partial charge in [-0.15, -0.1) is 0 Å². The van der Waals surface area contributed by atoms with Crippen molar-refractivity contribution in [1.82, 2.24) is 15.4 Å². The van der Waals surface area contributed by atoms with E-state index in [9.17, 15) is 14.4 Å². The number of benzene rings is 1. The normalized spacial score (nSPS) is 11.1. The second-order valence-corrected chi connectivity index (χ2v) is 7.14. The van der Waals surface area contributed by atoms with Crippen LogP contribution >= 0.6 is 11.6 Å². The number of ether oxygens (including phenoxy) is 2. The van der Waals surface area contributed by atoms with E-state index in [4.69, 9.17) is 21.1 Å². The molecule has 0 radical (unpaired) electrons. The highest BCUT2D eigenvalue weighted by molar-refractivity contribution is 6.32. The molecule has 9 nitrogen and oxygen atoms in total. The predicted molar refractivity (Wildman–Crippen MR) is 115 cm³/mol. The van der Waals surface area contributed by atoms with Gasteiger partial charge in [0.2, 0.25) is 5.91 Å². The van der Waals surface area contributed by atoms with E-state index >= 15 is 0 Å². The Kier molecular flexibility index (Phi) is 8.23. The van der Waals surface area contributed by atoms with Crippen molar-refractivity contribution in [3.63, 3.8) is 0 Å². The Morgan fingerprint density at radius 2 is 2.03 bits per heavy atom. The van der Waals surface area contributed by atoms with Crippen molar-refractivity contribution in [1.29, 1.82) is 0 Å². The first-order valence-corrected chi connectivity index (χ1v) is 9.86. The van der Waals surface area contributed by atoms with E-state index in [0.717, 1.165) is 0 Å². The van der Waals surface area contributed by atoms with Gasteiger partial charge >= 0.3 is 5.69 Å². The fourth-order valence-electron chi connectivity index (χ4n) is 2.68. The molecular formula is C20H25ClN4O5. The van der Waals surface area contributed by atoms with Crippen molar-refractivity contribution in [2.45, 2.75) is 46.6 Å². The zero-order chi connectivity index (χ0) is 22.3. The van der Waals surface area contributed by atoms with Crippen molar-refractivity contribution in [2.75, 3.05) is 6.61 Å². The lowest BCUT2D eigenvalue weighted by Gasteiger charge is -2.16. The number of hydrogen-bond acceptors (Lipinski definition) is 6. The van der Waals surface area contributed by atoms with Crippen molar-refractivity contribution in [3.8, 4) is 11.5 Å². The summed E-state index contributed by atoms with van der Waals surface area (Å²) in [7, 11) is 0. The number of hydrogen-bond donors (Lipinski definition) is 3. The molecule has 2 aromatic rings. The lowest BCUT2D eigenvalue weighted by molar-refractivity contribution is -0.121. The number of H-pyrrole nitrogens is 2. The molecule has 0 aliphatic carbocycles. The predicted octanol–water partition coefficient (Wildman–Crippen LogP) is 2.29. The van der Waals surface area contributed by atoms with Crippen LogP contribution in [0.3, 0.4) is 0 Å². The van der Waals surface area contributed by atoms with E-state index in [-0.39, 0.29) is 24.9 Å². The van der Waals surface area contributed by atoms with Crippen LogP contribution in [0.4, 0.5) is 0 Å². The number of aryl methyl sites for hydroxylation is 1. The van der Waals surface area contributed by atoms with Gasteiger partial charge in [-0.2, -0.15) is 5.10 Å². The van der Waals surface area contributed by atoms with Crippen LogP contribution in [0, 0.1) is 6.92 Å². The summed E-state index contributed by atoms with van der Waals surface area (Å²) in [5, 5.41) is 4.29. The maximum atomic E-state index is 12.0. The average molecular weight is 437 g/mol. The van der Waals surface area contributed by atoms with Gasteiger partial charge in [0, 0.05) is 17.7 Å². The van der Waals surface area contributed by atoms with Gasteiger partial charge in [-0.3, -0.25) is 14.6 Å². The van der Waals surface area contributed by atoms with Crippen molar-refractivity contribution >= 4 is 23.7 Å². The highest BCUT2D eigenvalue weighted by Crippen LogP contribution is 2.37. The average Bonchev–Trinajstić information content (AvgIpc) is 2.63. The lowest BCUT2D eigenvalue weighted by Crippen LogP contribution is -2.28. The van der Waals surface area contributed by atoms with Gasteiger partial charge in [0.1, 0.15) is 0 Å². The van der Waals surface area contributed by atoms with E-state index in [1.165, 1.54) is 6.21 Å². The molecule has 0 unspecified atom stereocenters. The smallest absolute Gasteiger partial charge is 0.325 e. The third-order valence-corrected chi connectivity index (χ3v) is 4.23. The van der Waals surface area contributed by atoms with Crippen LogP contribution in [0.2, 0.25) is 5.02 Å². The molecule has 10 heteroatoms. The molecule has 0 atom stereocenters. The zero-order valence-corrected chi connectivity index (χ0v) is 18.1. The van der Waals surface area contributed by atoms with E-state index in [0.29, 0.717) is 39.9 Å². The number of hydrazone groups is 1. The van der Waals surface area contributed by atoms with E-state index in [1.54, 1.807) is 19.1 Å². The van der Waals surface area contributed by atoms with Gasteiger partial charge in [-0.25, -0.2) is 10.2 Å². The molecule has 0 fully saturated rings. The molecule has 0 aliphatic heterocycles. The molecule has 0 bridgehead atoms. The van der Waals surface area contributed by atoms with Gasteiger partial charge < -0.3 is 14.5 Å². The van der Waals surface area contributed by atoms with Crippen molar-refractivity contribution in [2.24, 2.45) is 5.10 Å². The molecule has 2 rings (SSSR count). The zero-order valence-electron chi connectivity index (χ0n) is 17.3. The number of aromatic amines is 2. The summed E-state index contributed by atoms with van der Waals surface area (Å²) in [6.45, 7) is 7.67. The Balaban J connectivity index is 2.03. The molecule has 1 aromatic heterocycles. The van der Waals surface area contributed by atoms with Crippen LogP contribution in [0.15, 0.2) is 26.8 Å². The molecule has 1 heterocycles. The molecule has 1 amide bonds. The van der Waals surface area contributed by atoms with Crippen molar-refractivity contribution < 1.29 is 14.3 Å². The molecule has 162 valence electrons. The molecule has 30 heavy (non-hydrogen) atoms. The Bertz CT molecular complexity index is 1040. The highest BCUT2D eigenvalue weighted by atomic mass is 35.5. The summed E-state index contributed by atoms with van der Waals surface area (Å²) in [6, 6.07) is 3.37. The number of rotatable bonds is 9. The molecule has 0 saturated carbocycles. The van der Waals surface area contributed by atoms with Crippen LogP contribution < -0.4 is 26.1 Å². The fourth-order valence-corrected chi connectivity index (χ4v) is 2.94. The summed E-state index contributed by atoms with van der Waals surface area (Å²) in [4.78, 5) is 39.7. The molecule has 1 aromatic carbocycles. The standard InChI is InChI=1S/C20H25ClN4O5/c1-5-29-16-9-13(8-15(21)18(16)30-11(2)3)10-22-25-17(26)7-6-14-12(4)23-20(28)24-19(14)27/h8-11H,5-7H2,1-4H3,(H,25,26)(H2,23,24,27,28)/b22-10+. The van der Waals surface area contributed by atoms with Gasteiger partial charge in [-0.05, 0) is 51.8 Å².